The number of aliphatic imine (C=N–C) groups is 1. The molecule has 1 aliphatic heterocycles. The van der Waals surface area contributed by atoms with Gasteiger partial charge in [0.25, 0.3) is 0 Å². The highest BCUT2D eigenvalue weighted by Gasteiger charge is 2.22. The van der Waals surface area contributed by atoms with Crippen LogP contribution in [-0.2, 0) is 7.05 Å². The Morgan fingerprint density at radius 2 is 2.26 bits per heavy atom. The standard InChI is InChI=1S/C22H29N5/c1-5-19(20-14-24-27(4)16-20)11-9-18-10-12-22(23-13-18)25-17(2)15-26(3)21-7-6-8-21/h5,9,11-14,16,21,25H,1-2,6-8,10,15H2,3-4H3/b18-9+,19-11+. The van der Waals surface area contributed by atoms with Crippen LogP contribution in [0.25, 0.3) is 5.57 Å². The summed E-state index contributed by atoms with van der Waals surface area (Å²) < 4.78 is 1.79. The lowest BCUT2D eigenvalue weighted by Gasteiger charge is -2.35. The van der Waals surface area contributed by atoms with E-state index in [1.807, 2.05) is 31.7 Å². The van der Waals surface area contributed by atoms with E-state index >= 15 is 0 Å². The van der Waals surface area contributed by atoms with Gasteiger partial charge in [0.15, 0.2) is 0 Å². The minimum atomic E-state index is 0.715. The van der Waals surface area contributed by atoms with E-state index in [9.17, 15) is 0 Å². The van der Waals surface area contributed by atoms with E-state index in [1.165, 1.54) is 19.3 Å². The molecule has 0 spiro atoms. The first-order chi connectivity index (χ1) is 13.0. The molecule has 5 nitrogen and oxygen atoms in total. The second kappa shape index (κ2) is 8.82. The van der Waals surface area contributed by atoms with Gasteiger partial charge in [0.2, 0.25) is 0 Å². The zero-order valence-electron chi connectivity index (χ0n) is 16.4. The molecule has 0 bridgehead atoms. The molecule has 142 valence electrons. The molecule has 2 aliphatic rings. The largest absolute Gasteiger partial charge is 0.343 e. The summed E-state index contributed by atoms with van der Waals surface area (Å²) in [4.78, 5) is 6.90. The maximum Gasteiger partial charge on any atom is 0.126 e. The van der Waals surface area contributed by atoms with Crippen molar-refractivity contribution in [1.29, 1.82) is 0 Å². The van der Waals surface area contributed by atoms with Crippen molar-refractivity contribution in [1.82, 2.24) is 20.0 Å². The average molecular weight is 364 g/mol. The van der Waals surface area contributed by atoms with Crippen molar-refractivity contribution in [3.05, 3.63) is 72.5 Å². The topological polar surface area (TPSA) is 45.5 Å². The molecule has 1 aromatic heterocycles. The van der Waals surface area contributed by atoms with Crippen molar-refractivity contribution in [3.63, 3.8) is 0 Å². The van der Waals surface area contributed by atoms with Crippen LogP contribution >= 0.6 is 0 Å². The Bertz CT molecular complexity index is 818. The molecule has 0 unspecified atom stereocenters. The molecule has 3 rings (SSSR count). The van der Waals surface area contributed by atoms with Crippen molar-refractivity contribution < 1.29 is 0 Å². The van der Waals surface area contributed by atoms with Gasteiger partial charge >= 0.3 is 0 Å². The van der Waals surface area contributed by atoms with Crippen molar-refractivity contribution in [2.24, 2.45) is 12.0 Å². The molecular formula is C22H29N5. The first-order valence-corrected chi connectivity index (χ1v) is 9.46. The maximum atomic E-state index is 4.52. The van der Waals surface area contributed by atoms with Crippen molar-refractivity contribution in [3.8, 4) is 0 Å². The molecule has 1 fully saturated rings. The number of aromatic nitrogens is 2. The average Bonchev–Trinajstić information content (AvgIpc) is 3.01. The van der Waals surface area contributed by atoms with Crippen molar-refractivity contribution >= 4 is 11.8 Å². The van der Waals surface area contributed by atoms with E-state index in [1.54, 1.807) is 4.68 Å². The molecule has 1 aliphatic carbocycles. The summed E-state index contributed by atoms with van der Waals surface area (Å²) in [5.41, 5.74) is 4.25. The van der Waals surface area contributed by atoms with Gasteiger partial charge in [-0.1, -0.05) is 37.8 Å². The van der Waals surface area contributed by atoms with E-state index in [2.05, 4.69) is 58.7 Å². The smallest absolute Gasteiger partial charge is 0.126 e. The zero-order chi connectivity index (χ0) is 19.2. The first-order valence-electron chi connectivity index (χ1n) is 9.46. The van der Waals surface area contributed by atoms with Gasteiger partial charge in [0.05, 0.1) is 6.20 Å². The number of allylic oxidation sites excluding steroid dienone is 6. The van der Waals surface area contributed by atoms with Gasteiger partial charge in [-0.05, 0) is 43.5 Å². The Hall–Kier alpha value is -2.66. The summed E-state index contributed by atoms with van der Waals surface area (Å²) in [6, 6.07) is 0.715. The number of hydrogen-bond donors (Lipinski definition) is 1. The van der Waals surface area contributed by atoms with Gasteiger partial charge in [0, 0.05) is 43.3 Å². The van der Waals surface area contributed by atoms with Crippen LogP contribution in [0.15, 0.2) is 71.9 Å². The van der Waals surface area contributed by atoms with Crippen LogP contribution in [0.4, 0.5) is 0 Å². The summed E-state index contributed by atoms with van der Waals surface area (Å²) in [7, 11) is 4.08. The molecule has 0 aromatic carbocycles. The molecule has 27 heavy (non-hydrogen) atoms. The van der Waals surface area contributed by atoms with Gasteiger partial charge in [-0.15, -0.1) is 0 Å². The van der Waals surface area contributed by atoms with Crippen molar-refractivity contribution in [2.45, 2.75) is 31.7 Å². The quantitative estimate of drug-likeness (QED) is 0.714. The first kappa shape index (κ1) is 19.1. The van der Waals surface area contributed by atoms with Crippen LogP contribution in [0, 0.1) is 0 Å². The Labute approximate surface area is 162 Å². The lowest BCUT2D eigenvalue weighted by Crippen LogP contribution is -2.39. The number of nitrogens with zero attached hydrogens (tertiary/aromatic N) is 4. The third kappa shape index (κ3) is 5.17. The van der Waals surface area contributed by atoms with Gasteiger partial charge in [0.1, 0.15) is 5.82 Å². The van der Waals surface area contributed by atoms with Crippen LogP contribution in [0.3, 0.4) is 0 Å². The third-order valence-corrected chi connectivity index (χ3v) is 5.08. The molecule has 5 heteroatoms. The lowest BCUT2D eigenvalue weighted by molar-refractivity contribution is 0.170. The van der Waals surface area contributed by atoms with Crippen LogP contribution in [0.1, 0.15) is 31.2 Å². The Morgan fingerprint density at radius 3 is 2.81 bits per heavy atom. The fraction of sp³-hybridized carbons (Fsp3) is 0.364. The summed E-state index contributed by atoms with van der Waals surface area (Å²) in [6.07, 6.45) is 18.6. The van der Waals surface area contributed by atoms with E-state index in [-0.39, 0.29) is 0 Å². The zero-order valence-corrected chi connectivity index (χ0v) is 16.4. The molecule has 1 N–H and O–H groups in total. The normalized spacial score (nSPS) is 19.1. The second-order valence-electron chi connectivity index (χ2n) is 7.25. The van der Waals surface area contributed by atoms with Crippen molar-refractivity contribution in [2.75, 3.05) is 13.6 Å². The van der Waals surface area contributed by atoms with E-state index in [0.29, 0.717) is 6.04 Å². The Kier molecular flexibility index (Phi) is 6.24. The minimum Gasteiger partial charge on any atom is -0.343 e. The minimum absolute atomic E-state index is 0.715. The summed E-state index contributed by atoms with van der Waals surface area (Å²) in [6.45, 7) is 8.90. The van der Waals surface area contributed by atoms with Crippen LogP contribution in [0.2, 0.25) is 0 Å². The molecule has 0 saturated heterocycles. The highest BCUT2D eigenvalue weighted by molar-refractivity contribution is 5.83. The Balaban J connectivity index is 1.53. The summed E-state index contributed by atoms with van der Waals surface area (Å²) in [5.74, 6) is 0.874. The van der Waals surface area contributed by atoms with Gasteiger partial charge in [-0.2, -0.15) is 5.10 Å². The molecule has 1 aromatic rings. The molecule has 0 atom stereocenters. The van der Waals surface area contributed by atoms with Gasteiger partial charge in [-0.25, -0.2) is 4.99 Å². The number of likely N-dealkylation sites (N-methyl/N-ethyl adjacent to an activating group) is 1. The molecule has 0 amide bonds. The van der Waals surface area contributed by atoms with Crippen LogP contribution in [-0.4, -0.2) is 40.5 Å². The predicted molar refractivity (Wildman–Crippen MR) is 113 cm³/mol. The number of aryl methyl sites for hydroxylation is 1. The van der Waals surface area contributed by atoms with Crippen LogP contribution in [0.5, 0.6) is 0 Å². The maximum absolute atomic E-state index is 4.52. The number of rotatable bonds is 8. The number of nitrogens with one attached hydrogen (secondary N) is 1. The molecule has 0 radical (unpaired) electrons. The summed E-state index contributed by atoms with van der Waals surface area (Å²) >= 11 is 0. The second-order valence-corrected chi connectivity index (χ2v) is 7.25. The highest BCUT2D eigenvalue weighted by atomic mass is 15.2. The monoisotopic (exact) mass is 363 g/mol. The molecule has 1 saturated carbocycles. The third-order valence-electron chi connectivity index (χ3n) is 5.08. The Morgan fingerprint density at radius 1 is 1.44 bits per heavy atom. The lowest BCUT2D eigenvalue weighted by atomic mass is 9.92. The predicted octanol–water partition coefficient (Wildman–Crippen LogP) is 3.82. The molecule has 2 heterocycles. The van der Waals surface area contributed by atoms with E-state index in [4.69, 9.17) is 0 Å². The van der Waals surface area contributed by atoms with E-state index in [0.717, 1.165) is 41.2 Å². The van der Waals surface area contributed by atoms with Crippen LogP contribution < -0.4 is 5.32 Å². The molecular weight excluding hydrogens is 334 g/mol. The fourth-order valence-corrected chi connectivity index (χ4v) is 3.19. The van der Waals surface area contributed by atoms with Gasteiger partial charge in [-0.3, -0.25) is 9.58 Å². The van der Waals surface area contributed by atoms with E-state index < -0.39 is 0 Å². The SMILES string of the molecule is C=C/C(=C\C=C1\C=NC(NC(=C)CN(C)C2CCC2)=CC1)c1cnn(C)c1. The van der Waals surface area contributed by atoms with Gasteiger partial charge < -0.3 is 5.32 Å². The fourth-order valence-electron chi connectivity index (χ4n) is 3.19. The number of hydrogen-bond acceptors (Lipinski definition) is 4. The summed E-state index contributed by atoms with van der Waals surface area (Å²) in [5, 5.41) is 7.54. The highest BCUT2D eigenvalue weighted by Crippen LogP contribution is 2.24.